The molecule has 0 aliphatic carbocycles. The first kappa shape index (κ1) is 15.2. The number of hydrogen-bond donors (Lipinski definition) is 1. The Balaban J connectivity index is 2.06. The van der Waals surface area contributed by atoms with Crippen molar-refractivity contribution in [3.05, 3.63) is 65.2 Å². The molecule has 0 bridgehead atoms. The molecule has 1 heterocycles. The van der Waals surface area contributed by atoms with Gasteiger partial charge in [-0.1, -0.05) is 17.9 Å². The monoisotopic (exact) mass is 283 g/mol. The summed E-state index contributed by atoms with van der Waals surface area (Å²) in [5, 5.41) is 0. The summed E-state index contributed by atoms with van der Waals surface area (Å²) < 4.78 is 13.6. The Morgan fingerprint density at radius 3 is 2.81 bits per heavy atom. The Morgan fingerprint density at radius 2 is 2.10 bits per heavy atom. The van der Waals surface area contributed by atoms with E-state index >= 15 is 0 Å². The maximum atomic E-state index is 13.6. The first-order valence-electron chi connectivity index (χ1n) is 6.74. The maximum Gasteiger partial charge on any atom is 0.124 e. The SMILES string of the molecule is CN(Cc1cc(F)cc(C#CCN)c1)Cc1ccccn1. The number of nitrogens with zero attached hydrogens (tertiary/aromatic N) is 2. The summed E-state index contributed by atoms with van der Waals surface area (Å²) in [4.78, 5) is 6.36. The molecule has 0 spiro atoms. The van der Waals surface area contributed by atoms with Crippen molar-refractivity contribution >= 4 is 0 Å². The third kappa shape index (κ3) is 4.99. The minimum absolute atomic E-state index is 0.269. The van der Waals surface area contributed by atoms with Crippen molar-refractivity contribution < 1.29 is 4.39 Å². The normalized spacial score (nSPS) is 10.3. The van der Waals surface area contributed by atoms with Gasteiger partial charge in [0, 0.05) is 24.8 Å². The number of halogens is 1. The zero-order chi connectivity index (χ0) is 15.1. The second-order valence-electron chi connectivity index (χ2n) is 4.85. The molecule has 2 aromatic rings. The van der Waals surface area contributed by atoms with Gasteiger partial charge in [0.2, 0.25) is 0 Å². The summed E-state index contributed by atoms with van der Waals surface area (Å²) in [5.41, 5.74) is 7.86. The topological polar surface area (TPSA) is 42.1 Å². The Kier molecular flexibility index (Phi) is 5.44. The minimum Gasteiger partial charge on any atom is -0.320 e. The number of hydrogen-bond acceptors (Lipinski definition) is 3. The van der Waals surface area contributed by atoms with Gasteiger partial charge in [-0.3, -0.25) is 9.88 Å². The average Bonchev–Trinajstić information content (AvgIpc) is 2.45. The molecule has 0 unspecified atom stereocenters. The number of nitrogens with two attached hydrogens (primary N) is 1. The average molecular weight is 283 g/mol. The highest BCUT2D eigenvalue weighted by molar-refractivity contribution is 5.38. The van der Waals surface area contributed by atoms with E-state index in [0.29, 0.717) is 18.7 Å². The number of aromatic nitrogens is 1. The molecular weight excluding hydrogens is 265 g/mol. The summed E-state index contributed by atoms with van der Waals surface area (Å²) in [6.45, 7) is 1.61. The van der Waals surface area contributed by atoms with Gasteiger partial charge in [0.15, 0.2) is 0 Å². The standard InChI is InChI=1S/C17H18FN3/c1-21(13-17-6-2-3-8-20-17)12-15-9-14(5-4-7-19)10-16(18)11-15/h2-3,6,8-11H,7,12-13,19H2,1H3. The fourth-order valence-electron chi connectivity index (χ4n) is 2.10. The van der Waals surface area contributed by atoms with Crippen LogP contribution in [0.4, 0.5) is 4.39 Å². The summed E-state index contributed by atoms with van der Waals surface area (Å²) in [7, 11) is 1.98. The van der Waals surface area contributed by atoms with E-state index in [1.54, 1.807) is 6.20 Å². The van der Waals surface area contributed by atoms with E-state index in [2.05, 4.69) is 21.7 Å². The van der Waals surface area contributed by atoms with Crippen LogP contribution in [0.3, 0.4) is 0 Å². The highest BCUT2D eigenvalue weighted by Gasteiger charge is 2.05. The summed E-state index contributed by atoms with van der Waals surface area (Å²) in [5.74, 6) is 5.32. The lowest BCUT2D eigenvalue weighted by Crippen LogP contribution is -2.18. The molecule has 0 amide bonds. The van der Waals surface area contributed by atoms with Crippen molar-refractivity contribution in [2.24, 2.45) is 5.73 Å². The van der Waals surface area contributed by atoms with Crippen LogP contribution in [0.1, 0.15) is 16.8 Å². The molecule has 0 saturated carbocycles. The Labute approximate surface area is 124 Å². The quantitative estimate of drug-likeness (QED) is 0.874. The van der Waals surface area contributed by atoms with Crippen molar-refractivity contribution in [1.29, 1.82) is 0 Å². The number of rotatable bonds is 4. The lowest BCUT2D eigenvalue weighted by Gasteiger charge is -2.16. The molecule has 4 heteroatoms. The van der Waals surface area contributed by atoms with Gasteiger partial charge in [-0.15, -0.1) is 0 Å². The van der Waals surface area contributed by atoms with Gasteiger partial charge in [-0.25, -0.2) is 4.39 Å². The Morgan fingerprint density at radius 1 is 1.24 bits per heavy atom. The fourth-order valence-corrected chi connectivity index (χ4v) is 2.10. The minimum atomic E-state index is -0.278. The van der Waals surface area contributed by atoms with Gasteiger partial charge in [-0.2, -0.15) is 0 Å². The van der Waals surface area contributed by atoms with Crippen LogP contribution in [0.15, 0.2) is 42.6 Å². The first-order valence-corrected chi connectivity index (χ1v) is 6.74. The van der Waals surface area contributed by atoms with Crippen molar-refractivity contribution in [2.75, 3.05) is 13.6 Å². The second kappa shape index (κ2) is 7.53. The molecular formula is C17H18FN3. The molecule has 0 aliphatic rings. The highest BCUT2D eigenvalue weighted by Crippen LogP contribution is 2.11. The lowest BCUT2D eigenvalue weighted by molar-refractivity contribution is 0.314. The van der Waals surface area contributed by atoms with E-state index < -0.39 is 0 Å². The molecule has 2 rings (SSSR count). The van der Waals surface area contributed by atoms with Crippen LogP contribution in [0.25, 0.3) is 0 Å². The van der Waals surface area contributed by atoms with Crippen LogP contribution in [-0.2, 0) is 13.1 Å². The van der Waals surface area contributed by atoms with Crippen LogP contribution in [0.2, 0.25) is 0 Å². The van der Waals surface area contributed by atoms with E-state index in [1.807, 2.05) is 31.3 Å². The second-order valence-corrected chi connectivity index (χ2v) is 4.85. The zero-order valence-corrected chi connectivity index (χ0v) is 12.0. The van der Waals surface area contributed by atoms with Crippen LogP contribution >= 0.6 is 0 Å². The molecule has 1 aromatic heterocycles. The van der Waals surface area contributed by atoms with Gasteiger partial charge < -0.3 is 5.73 Å². The fraction of sp³-hybridized carbons (Fsp3) is 0.235. The summed E-state index contributed by atoms with van der Waals surface area (Å²) in [6.07, 6.45) is 1.77. The molecule has 108 valence electrons. The van der Waals surface area contributed by atoms with Crippen molar-refractivity contribution in [3.8, 4) is 11.8 Å². The highest BCUT2D eigenvalue weighted by atomic mass is 19.1. The molecule has 0 atom stereocenters. The van der Waals surface area contributed by atoms with E-state index in [4.69, 9.17) is 5.73 Å². The van der Waals surface area contributed by atoms with E-state index in [1.165, 1.54) is 12.1 Å². The van der Waals surface area contributed by atoms with Crippen molar-refractivity contribution in [3.63, 3.8) is 0 Å². The number of benzene rings is 1. The first-order chi connectivity index (χ1) is 10.2. The smallest absolute Gasteiger partial charge is 0.124 e. The number of pyridine rings is 1. The van der Waals surface area contributed by atoms with Crippen molar-refractivity contribution in [1.82, 2.24) is 9.88 Å². The third-order valence-corrected chi connectivity index (χ3v) is 2.90. The van der Waals surface area contributed by atoms with Gasteiger partial charge in [0.25, 0.3) is 0 Å². The molecule has 0 saturated heterocycles. The largest absolute Gasteiger partial charge is 0.320 e. The molecule has 3 nitrogen and oxygen atoms in total. The van der Waals surface area contributed by atoms with Crippen LogP contribution in [-0.4, -0.2) is 23.5 Å². The predicted octanol–water partition coefficient (Wildman–Crippen LogP) is 2.16. The zero-order valence-electron chi connectivity index (χ0n) is 12.0. The van der Waals surface area contributed by atoms with Gasteiger partial charge >= 0.3 is 0 Å². The van der Waals surface area contributed by atoms with Crippen LogP contribution in [0, 0.1) is 17.7 Å². The van der Waals surface area contributed by atoms with Crippen LogP contribution in [0.5, 0.6) is 0 Å². The molecule has 1 aromatic carbocycles. The molecule has 21 heavy (non-hydrogen) atoms. The molecule has 0 radical (unpaired) electrons. The van der Waals surface area contributed by atoms with Crippen LogP contribution < -0.4 is 5.73 Å². The molecule has 0 fully saturated rings. The lowest BCUT2D eigenvalue weighted by atomic mass is 10.1. The third-order valence-electron chi connectivity index (χ3n) is 2.90. The summed E-state index contributed by atoms with van der Waals surface area (Å²) >= 11 is 0. The maximum absolute atomic E-state index is 13.6. The van der Waals surface area contributed by atoms with Gasteiger partial charge in [-0.05, 0) is 42.9 Å². The Bertz CT molecular complexity index is 644. The van der Waals surface area contributed by atoms with E-state index in [-0.39, 0.29) is 12.4 Å². The van der Waals surface area contributed by atoms with Crippen molar-refractivity contribution in [2.45, 2.75) is 13.1 Å². The molecule has 2 N–H and O–H groups in total. The Hall–Kier alpha value is -2.22. The summed E-state index contributed by atoms with van der Waals surface area (Å²) in [6, 6.07) is 10.7. The molecule has 0 aliphatic heterocycles. The van der Waals surface area contributed by atoms with E-state index in [9.17, 15) is 4.39 Å². The predicted molar refractivity (Wildman–Crippen MR) is 81.7 cm³/mol. The van der Waals surface area contributed by atoms with Gasteiger partial charge in [0.05, 0.1) is 12.2 Å². The van der Waals surface area contributed by atoms with E-state index in [0.717, 1.165) is 11.3 Å². The van der Waals surface area contributed by atoms with Gasteiger partial charge in [0.1, 0.15) is 5.82 Å².